The lowest BCUT2D eigenvalue weighted by Gasteiger charge is -2.44. The summed E-state index contributed by atoms with van der Waals surface area (Å²) in [6.07, 6.45) is 5.66. The van der Waals surface area contributed by atoms with Crippen molar-refractivity contribution < 1.29 is 19.4 Å². The topological polar surface area (TPSA) is 63.6 Å². The van der Waals surface area contributed by atoms with E-state index in [1.54, 1.807) is 12.2 Å². The second-order valence-corrected chi connectivity index (χ2v) is 4.44. The molecule has 15 heavy (non-hydrogen) atoms. The van der Waals surface area contributed by atoms with Crippen molar-refractivity contribution >= 4 is 11.9 Å². The molecular weight excluding hydrogens is 196 g/mol. The number of hydrogen-bond acceptors (Lipinski definition) is 3. The molecule has 0 heterocycles. The van der Waals surface area contributed by atoms with Crippen LogP contribution in [0.2, 0.25) is 0 Å². The summed E-state index contributed by atoms with van der Waals surface area (Å²) in [6, 6.07) is 0. The molecule has 0 atom stereocenters. The van der Waals surface area contributed by atoms with E-state index >= 15 is 0 Å². The molecule has 0 aromatic heterocycles. The number of aliphatic carboxylic acids is 1. The molecule has 0 aromatic carbocycles. The van der Waals surface area contributed by atoms with Gasteiger partial charge in [0.15, 0.2) is 0 Å². The van der Waals surface area contributed by atoms with Crippen molar-refractivity contribution in [2.75, 3.05) is 7.11 Å². The fourth-order valence-corrected chi connectivity index (χ4v) is 2.56. The number of rotatable bonds is 2. The van der Waals surface area contributed by atoms with Crippen LogP contribution < -0.4 is 0 Å². The van der Waals surface area contributed by atoms with Crippen LogP contribution in [0.15, 0.2) is 12.2 Å². The lowest BCUT2D eigenvalue weighted by molar-refractivity contribution is -0.159. The van der Waals surface area contributed by atoms with E-state index in [0.717, 1.165) is 0 Å². The summed E-state index contributed by atoms with van der Waals surface area (Å²) in [5.41, 5.74) is -1.28. The van der Waals surface area contributed by atoms with Gasteiger partial charge in [-0.3, -0.25) is 9.59 Å². The van der Waals surface area contributed by atoms with Crippen LogP contribution in [0.5, 0.6) is 0 Å². The Morgan fingerprint density at radius 2 is 1.60 bits per heavy atom. The first-order valence-electron chi connectivity index (χ1n) is 5.07. The van der Waals surface area contributed by atoms with E-state index < -0.39 is 16.8 Å². The highest BCUT2D eigenvalue weighted by Crippen LogP contribution is 2.52. The summed E-state index contributed by atoms with van der Waals surface area (Å²) in [5, 5.41) is 9.13. The predicted octanol–water partition coefficient (Wildman–Crippen LogP) is 1.36. The number of hydrogen-bond donors (Lipinski definition) is 1. The minimum absolute atomic E-state index is 0.238. The fourth-order valence-electron chi connectivity index (χ4n) is 2.56. The maximum Gasteiger partial charge on any atom is 0.315 e. The Morgan fingerprint density at radius 3 is 1.93 bits per heavy atom. The van der Waals surface area contributed by atoms with E-state index in [1.807, 2.05) is 0 Å². The number of carbonyl (C=O) groups is 2. The van der Waals surface area contributed by atoms with Crippen molar-refractivity contribution in [2.45, 2.75) is 25.7 Å². The Labute approximate surface area is 87.9 Å². The summed E-state index contributed by atoms with van der Waals surface area (Å²) in [4.78, 5) is 22.7. The number of carboxylic acids is 1. The number of carbonyl (C=O) groups excluding carboxylic acids is 1. The summed E-state index contributed by atoms with van der Waals surface area (Å²) in [5.74, 6) is -1.02. The second kappa shape index (κ2) is 3.08. The Morgan fingerprint density at radius 1 is 1.13 bits per heavy atom. The summed E-state index contributed by atoms with van der Waals surface area (Å²) >= 11 is 0. The molecule has 3 aliphatic carbocycles. The van der Waals surface area contributed by atoms with Gasteiger partial charge in [0.1, 0.15) is 0 Å². The summed E-state index contributed by atoms with van der Waals surface area (Å²) in [6.45, 7) is 0. The van der Waals surface area contributed by atoms with Gasteiger partial charge in [-0.15, -0.1) is 0 Å². The van der Waals surface area contributed by atoms with Gasteiger partial charge in [0.05, 0.1) is 17.9 Å². The minimum Gasteiger partial charge on any atom is -0.481 e. The summed E-state index contributed by atoms with van der Waals surface area (Å²) in [7, 11) is 1.37. The highest BCUT2D eigenvalue weighted by molar-refractivity contribution is 5.84. The smallest absolute Gasteiger partial charge is 0.315 e. The van der Waals surface area contributed by atoms with Gasteiger partial charge in [-0.25, -0.2) is 0 Å². The number of ether oxygens (including phenoxy) is 1. The van der Waals surface area contributed by atoms with Crippen molar-refractivity contribution in [1.82, 2.24) is 0 Å². The zero-order valence-electron chi connectivity index (χ0n) is 8.66. The molecule has 0 unspecified atom stereocenters. The normalized spacial score (nSPS) is 37.7. The van der Waals surface area contributed by atoms with Gasteiger partial charge in [-0.1, -0.05) is 12.2 Å². The van der Waals surface area contributed by atoms with Crippen molar-refractivity contribution in [3.05, 3.63) is 12.2 Å². The van der Waals surface area contributed by atoms with Crippen LogP contribution in [-0.2, 0) is 14.3 Å². The van der Waals surface area contributed by atoms with E-state index in [2.05, 4.69) is 0 Å². The molecular formula is C11H14O4. The van der Waals surface area contributed by atoms with Gasteiger partial charge in [-0.05, 0) is 25.7 Å². The van der Waals surface area contributed by atoms with Gasteiger partial charge in [0.2, 0.25) is 0 Å². The Balaban J connectivity index is 2.31. The lowest BCUT2D eigenvalue weighted by atomic mass is 9.58. The zero-order chi connectivity index (χ0) is 11.1. The quantitative estimate of drug-likeness (QED) is 0.552. The Bertz CT molecular complexity index is 334. The van der Waals surface area contributed by atoms with Crippen molar-refractivity contribution in [3.63, 3.8) is 0 Å². The molecule has 1 N–H and O–H groups in total. The fraction of sp³-hybridized carbons (Fsp3) is 0.636. The van der Waals surface area contributed by atoms with Crippen LogP contribution in [0.4, 0.5) is 0 Å². The predicted molar refractivity (Wildman–Crippen MR) is 52.1 cm³/mol. The first-order chi connectivity index (χ1) is 7.05. The number of methoxy groups -OCH3 is 1. The highest BCUT2D eigenvalue weighted by atomic mass is 16.5. The van der Waals surface area contributed by atoms with Crippen LogP contribution in [0.25, 0.3) is 0 Å². The third kappa shape index (κ3) is 1.28. The molecule has 1 saturated carbocycles. The van der Waals surface area contributed by atoms with Crippen LogP contribution in [0.3, 0.4) is 0 Å². The third-order valence-corrected chi connectivity index (χ3v) is 3.77. The number of carboxylic acid groups (broad SMARTS) is 1. The first-order valence-corrected chi connectivity index (χ1v) is 5.07. The van der Waals surface area contributed by atoms with E-state index in [1.165, 1.54) is 7.11 Å². The molecule has 3 aliphatic rings. The molecule has 0 spiro atoms. The monoisotopic (exact) mass is 210 g/mol. The molecule has 4 nitrogen and oxygen atoms in total. The van der Waals surface area contributed by atoms with Crippen LogP contribution in [0.1, 0.15) is 25.7 Å². The average Bonchev–Trinajstić information content (AvgIpc) is 2.30. The maximum atomic E-state index is 11.6. The standard InChI is InChI=1S/C11H14O4/c1-15-9(14)11-5-2-10(3-6-11,4-7-11)8(12)13/h2,5H,3-4,6-7H2,1H3,(H,12,13). The molecule has 0 radical (unpaired) electrons. The highest BCUT2D eigenvalue weighted by Gasteiger charge is 2.52. The van der Waals surface area contributed by atoms with Gasteiger partial charge >= 0.3 is 11.9 Å². The van der Waals surface area contributed by atoms with Crippen LogP contribution >= 0.6 is 0 Å². The Hall–Kier alpha value is -1.32. The Kier molecular flexibility index (Phi) is 2.10. The average molecular weight is 210 g/mol. The van der Waals surface area contributed by atoms with E-state index in [0.29, 0.717) is 25.7 Å². The second-order valence-electron chi connectivity index (χ2n) is 4.44. The van der Waals surface area contributed by atoms with Gasteiger partial charge in [0.25, 0.3) is 0 Å². The third-order valence-electron chi connectivity index (χ3n) is 3.77. The summed E-state index contributed by atoms with van der Waals surface area (Å²) < 4.78 is 4.76. The molecule has 2 bridgehead atoms. The largest absolute Gasteiger partial charge is 0.481 e. The number of fused-ring (bicyclic) bond motifs is 2. The van der Waals surface area contributed by atoms with Gasteiger partial charge in [0, 0.05) is 0 Å². The molecule has 4 heteroatoms. The molecule has 0 amide bonds. The molecule has 0 saturated heterocycles. The van der Waals surface area contributed by atoms with Crippen LogP contribution in [-0.4, -0.2) is 24.2 Å². The van der Waals surface area contributed by atoms with Gasteiger partial charge in [-0.2, -0.15) is 0 Å². The molecule has 0 aromatic rings. The van der Waals surface area contributed by atoms with Crippen molar-refractivity contribution in [2.24, 2.45) is 10.8 Å². The van der Waals surface area contributed by atoms with Gasteiger partial charge < -0.3 is 9.84 Å². The van der Waals surface area contributed by atoms with Crippen molar-refractivity contribution in [3.8, 4) is 0 Å². The van der Waals surface area contributed by atoms with Crippen LogP contribution in [0, 0.1) is 10.8 Å². The van der Waals surface area contributed by atoms with E-state index in [9.17, 15) is 9.59 Å². The molecule has 1 fully saturated rings. The van der Waals surface area contributed by atoms with Crippen molar-refractivity contribution in [1.29, 1.82) is 0 Å². The number of esters is 1. The SMILES string of the molecule is COC(=O)C12C=CC(C(=O)O)(CC1)CC2. The zero-order valence-corrected chi connectivity index (χ0v) is 8.66. The first kappa shape index (κ1) is 10.2. The minimum atomic E-state index is -0.781. The molecule has 82 valence electrons. The maximum absolute atomic E-state index is 11.6. The van der Waals surface area contributed by atoms with E-state index in [4.69, 9.17) is 9.84 Å². The lowest BCUT2D eigenvalue weighted by Crippen LogP contribution is -2.45. The van der Waals surface area contributed by atoms with E-state index in [-0.39, 0.29) is 5.97 Å². The molecule has 0 aliphatic heterocycles. The molecule has 3 rings (SSSR count).